The lowest BCUT2D eigenvalue weighted by molar-refractivity contribution is -0.137. The Kier molecular flexibility index (Phi) is 6.44. The number of carboxylic acid groups (broad SMARTS) is 1. The van der Waals surface area contributed by atoms with Crippen LogP contribution < -0.4 is 9.47 Å². The largest absolute Gasteiger partial charge is 0.490 e. The Morgan fingerprint density at radius 1 is 1.09 bits per heavy atom. The average molecular weight is 320 g/mol. The van der Waals surface area contributed by atoms with Gasteiger partial charge in [0, 0.05) is 18.4 Å². The van der Waals surface area contributed by atoms with Crippen LogP contribution in [0.2, 0.25) is 0 Å². The Bertz CT molecular complexity index is 565. The van der Waals surface area contributed by atoms with E-state index in [1.54, 1.807) is 6.07 Å². The summed E-state index contributed by atoms with van der Waals surface area (Å²) >= 11 is 0. The van der Waals surface area contributed by atoms with Crippen molar-refractivity contribution in [2.24, 2.45) is 0 Å². The number of hydrogen-bond donors (Lipinski definition) is 1. The topological polar surface area (TPSA) is 72.8 Å². The summed E-state index contributed by atoms with van der Waals surface area (Å²) in [5, 5.41) is 8.67. The second-order valence-electron chi connectivity index (χ2n) is 5.78. The Hall–Kier alpha value is -2.04. The van der Waals surface area contributed by atoms with E-state index in [0.29, 0.717) is 43.1 Å². The van der Waals surface area contributed by atoms with Gasteiger partial charge in [0.2, 0.25) is 0 Å². The predicted octanol–water partition coefficient (Wildman–Crippen LogP) is 3.63. The number of hydrogen-bond acceptors (Lipinski definition) is 4. The van der Waals surface area contributed by atoms with Crippen LogP contribution in [0.5, 0.6) is 11.5 Å². The normalized spacial score (nSPS) is 13.0. The van der Waals surface area contributed by atoms with Gasteiger partial charge in [-0.2, -0.15) is 0 Å². The summed E-state index contributed by atoms with van der Waals surface area (Å²) in [5.74, 6) is 0.493. The fraction of sp³-hybridized carbons (Fsp3) is 0.556. The molecule has 5 nitrogen and oxygen atoms in total. The van der Waals surface area contributed by atoms with Crippen molar-refractivity contribution in [3.8, 4) is 11.5 Å². The summed E-state index contributed by atoms with van der Waals surface area (Å²) < 4.78 is 11.5. The third-order valence-electron chi connectivity index (χ3n) is 3.89. The van der Waals surface area contributed by atoms with Crippen LogP contribution >= 0.6 is 0 Å². The van der Waals surface area contributed by atoms with Gasteiger partial charge in [0.1, 0.15) is 0 Å². The van der Waals surface area contributed by atoms with Crippen LogP contribution in [0.4, 0.5) is 0 Å². The monoisotopic (exact) mass is 320 g/mol. The minimum atomic E-state index is -0.839. The van der Waals surface area contributed by atoms with Crippen molar-refractivity contribution in [1.82, 2.24) is 0 Å². The molecule has 0 unspecified atom stereocenters. The third-order valence-corrected chi connectivity index (χ3v) is 3.89. The lowest BCUT2D eigenvalue weighted by Gasteiger charge is -2.14. The Labute approximate surface area is 136 Å². The summed E-state index contributed by atoms with van der Waals surface area (Å²) in [5.41, 5.74) is 1.72. The van der Waals surface area contributed by atoms with Crippen molar-refractivity contribution >= 4 is 11.8 Å². The fourth-order valence-electron chi connectivity index (χ4n) is 2.62. The fourth-order valence-corrected chi connectivity index (χ4v) is 2.62. The molecule has 0 saturated heterocycles. The number of benzene rings is 1. The summed E-state index contributed by atoms with van der Waals surface area (Å²) in [6.07, 6.45) is 4.99. The molecule has 1 aliphatic rings. The zero-order chi connectivity index (χ0) is 16.7. The second-order valence-corrected chi connectivity index (χ2v) is 5.78. The van der Waals surface area contributed by atoms with Gasteiger partial charge in [-0.05, 0) is 37.0 Å². The van der Waals surface area contributed by atoms with Crippen LogP contribution in [0.25, 0.3) is 0 Å². The van der Waals surface area contributed by atoms with Crippen LogP contribution in [0.1, 0.15) is 61.4 Å². The number of rotatable bonds is 10. The highest BCUT2D eigenvalue weighted by atomic mass is 16.5. The number of carboxylic acids is 1. The van der Waals surface area contributed by atoms with E-state index in [1.165, 1.54) is 0 Å². The highest BCUT2D eigenvalue weighted by Gasteiger charge is 2.23. The van der Waals surface area contributed by atoms with Gasteiger partial charge >= 0.3 is 5.97 Å². The lowest BCUT2D eigenvalue weighted by atomic mass is 10.1. The van der Waals surface area contributed by atoms with Gasteiger partial charge < -0.3 is 14.6 Å². The van der Waals surface area contributed by atoms with Crippen molar-refractivity contribution in [3.05, 3.63) is 23.3 Å². The minimum absolute atomic E-state index is 0.0660. The molecule has 0 fully saturated rings. The van der Waals surface area contributed by atoms with Gasteiger partial charge in [0.25, 0.3) is 0 Å². The number of Topliss-reactive ketones (excluding diaryl/α,β-unsaturated/α-hetero) is 1. The molecule has 2 rings (SSSR count). The lowest BCUT2D eigenvalue weighted by Crippen LogP contribution is -2.06. The van der Waals surface area contributed by atoms with E-state index in [2.05, 4.69) is 6.92 Å². The molecule has 0 radical (unpaired) electrons. The Morgan fingerprint density at radius 2 is 1.78 bits per heavy atom. The zero-order valence-corrected chi connectivity index (χ0v) is 13.6. The molecule has 0 atom stereocenters. The van der Waals surface area contributed by atoms with Crippen LogP contribution in [-0.4, -0.2) is 30.1 Å². The van der Waals surface area contributed by atoms with E-state index in [1.807, 2.05) is 6.07 Å². The van der Waals surface area contributed by atoms with Crippen molar-refractivity contribution in [2.75, 3.05) is 13.2 Å². The standard InChI is InChI=1S/C18H24O5/c1-2-3-4-9-22-16-11-13-7-8-15(19)14(13)12-17(16)23-10-5-6-18(20)21/h11-12H,2-10H2,1H3,(H,20,21). The average Bonchev–Trinajstić information content (AvgIpc) is 2.88. The maximum absolute atomic E-state index is 11.9. The Morgan fingerprint density at radius 3 is 2.48 bits per heavy atom. The first-order chi connectivity index (χ1) is 11.1. The molecule has 0 spiro atoms. The van der Waals surface area contributed by atoms with Gasteiger partial charge in [-0.1, -0.05) is 19.8 Å². The molecule has 0 amide bonds. The molecule has 1 aliphatic carbocycles. The predicted molar refractivity (Wildman–Crippen MR) is 86.5 cm³/mol. The van der Waals surface area contributed by atoms with E-state index < -0.39 is 5.97 Å². The number of ether oxygens (including phenoxy) is 2. The number of carbonyl (C=O) groups excluding carboxylic acids is 1. The first-order valence-electron chi connectivity index (χ1n) is 8.29. The quantitative estimate of drug-likeness (QED) is 0.666. The molecule has 23 heavy (non-hydrogen) atoms. The van der Waals surface area contributed by atoms with Gasteiger partial charge in [0.05, 0.1) is 13.2 Å². The van der Waals surface area contributed by atoms with E-state index >= 15 is 0 Å². The van der Waals surface area contributed by atoms with Crippen molar-refractivity contribution in [1.29, 1.82) is 0 Å². The first kappa shape index (κ1) is 17.3. The minimum Gasteiger partial charge on any atom is -0.490 e. The highest BCUT2D eigenvalue weighted by molar-refractivity contribution is 6.01. The summed E-state index contributed by atoms with van der Waals surface area (Å²) in [7, 11) is 0. The number of unbranched alkanes of at least 4 members (excludes halogenated alkanes) is 2. The zero-order valence-electron chi connectivity index (χ0n) is 13.6. The smallest absolute Gasteiger partial charge is 0.303 e. The second kappa shape index (κ2) is 8.56. The van der Waals surface area contributed by atoms with Crippen LogP contribution in [0.3, 0.4) is 0 Å². The van der Waals surface area contributed by atoms with Gasteiger partial charge in [-0.15, -0.1) is 0 Å². The summed E-state index contributed by atoms with van der Waals surface area (Å²) in [6, 6.07) is 3.65. The number of ketones is 1. The van der Waals surface area contributed by atoms with Crippen molar-refractivity contribution in [3.63, 3.8) is 0 Å². The number of fused-ring (bicyclic) bond motifs is 1. The number of carbonyl (C=O) groups is 2. The van der Waals surface area contributed by atoms with Crippen molar-refractivity contribution in [2.45, 2.75) is 51.9 Å². The van der Waals surface area contributed by atoms with E-state index in [9.17, 15) is 9.59 Å². The van der Waals surface area contributed by atoms with Gasteiger partial charge in [0.15, 0.2) is 17.3 Å². The summed E-state index contributed by atoms with van der Waals surface area (Å²) in [6.45, 7) is 3.05. The molecule has 1 N–H and O–H groups in total. The number of aryl methyl sites for hydroxylation is 1. The SMILES string of the molecule is CCCCCOc1cc2c(cc1OCCCC(=O)O)C(=O)CC2. The third kappa shape index (κ3) is 4.98. The van der Waals surface area contributed by atoms with Gasteiger partial charge in [-0.3, -0.25) is 9.59 Å². The van der Waals surface area contributed by atoms with E-state index in [0.717, 1.165) is 31.2 Å². The van der Waals surface area contributed by atoms with E-state index in [4.69, 9.17) is 14.6 Å². The molecular formula is C18H24O5. The molecule has 0 aromatic heterocycles. The van der Waals surface area contributed by atoms with Crippen LogP contribution in [0, 0.1) is 0 Å². The van der Waals surface area contributed by atoms with Crippen LogP contribution in [0.15, 0.2) is 12.1 Å². The maximum atomic E-state index is 11.9. The highest BCUT2D eigenvalue weighted by Crippen LogP contribution is 2.35. The molecular weight excluding hydrogens is 296 g/mol. The molecule has 1 aromatic rings. The number of aliphatic carboxylic acids is 1. The molecule has 0 saturated carbocycles. The maximum Gasteiger partial charge on any atom is 0.303 e. The molecule has 1 aromatic carbocycles. The summed E-state index contributed by atoms with van der Waals surface area (Å²) in [4.78, 5) is 22.4. The molecule has 126 valence electrons. The first-order valence-corrected chi connectivity index (χ1v) is 8.29. The molecule has 5 heteroatoms. The van der Waals surface area contributed by atoms with Gasteiger partial charge in [-0.25, -0.2) is 0 Å². The van der Waals surface area contributed by atoms with E-state index in [-0.39, 0.29) is 12.2 Å². The van der Waals surface area contributed by atoms with Crippen molar-refractivity contribution < 1.29 is 24.2 Å². The molecule has 0 aliphatic heterocycles. The molecule has 0 heterocycles. The Balaban J connectivity index is 2.04. The molecule has 0 bridgehead atoms. The van der Waals surface area contributed by atoms with Crippen LogP contribution in [-0.2, 0) is 11.2 Å².